The summed E-state index contributed by atoms with van der Waals surface area (Å²) in [6.45, 7) is 0.795. The SMILES string of the molecule is S=C=NCCCCc1cccnc1. The Bertz CT molecular complexity index is 278. The second-order valence-corrected chi connectivity index (χ2v) is 2.97. The average molecular weight is 192 g/mol. The normalized spacial score (nSPS) is 9.23. The van der Waals surface area contributed by atoms with Crippen LogP contribution in [0.5, 0.6) is 0 Å². The maximum Gasteiger partial charge on any atom is 0.0584 e. The minimum absolute atomic E-state index is 0.795. The summed E-state index contributed by atoms with van der Waals surface area (Å²) in [5, 5.41) is 2.36. The van der Waals surface area contributed by atoms with Crippen molar-refractivity contribution in [1.29, 1.82) is 0 Å². The van der Waals surface area contributed by atoms with Gasteiger partial charge >= 0.3 is 0 Å². The molecular formula is C10H12N2S. The summed E-state index contributed by atoms with van der Waals surface area (Å²) in [6.07, 6.45) is 6.97. The molecule has 1 aromatic rings. The Morgan fingerprint density at radius 2 is 2.38 bits per heavy atom. The molecule has 0 aliphatic carbocycles. The summed E-state index contributed by atoms with van der Waals surface area (Å²) < 4.78 is 0. The number of isothiocyanates is 1. The number of hydrogen-bond donors (Lipinski definition) is 0. The van der Waals surface area contributed by atoms with Crippen LogP contribution in [0, 0.1) is 0 Å². The first-order valence-corrected chi connectivity index (χ1v) is 4.77. The van der Waals surface area contributed by atoms with E-state index in [4.69, 9.17) is 0 Å². The summed E-state index contributed by atoms with van der Waals surface area (Å²) >= 11 is 4.47. The molecule has 0 fully saturated rings. The minimum Gasteiger partial charge on any atom is -0.264 e. The first kappa shape index (κ1) is 10.0. The number of thiocarbonyl (C=S) groups is 1. The van der Waals surface area contributed by atoms with E-state index in [0.717, 1.165) is 25.8 Å². The van der Waals surface area contributed by atoms with Crippen LogP contribution in [0.2, 0.25) is 0 Å². The fourth-order valence-corrected chi connectivity index (χ4v) is 1.20. The van der Waals surface area contributed by atoms with Gasteiger partial charge in [0.1, 0.15) is 0 Å². The van der Waals surface area contributed by atoms with Gasteiger partial charge in [-0.1, -0.05) is 6.07 Å². The molecule has 1 heterocycles. The highest BCUT2D eigenvalue weighted by Crippen LogP contribution is 2.02. The number of unbranched alkanes of at least 4 members (excludes halogenated alkanes) is 1. The molecule has 0 aliphatic heterocycles. The summed E-state index contributed by atoms with van der Waals surface area (Å²) in [4.78, 5) is 7.90. The van der Waals surface area contributed by atoms with Crippen LogP contribution in [0.1, 0.15) is 18.4 Å². The van der Waals surface area contributed by atoms with Gasteiger partial charge in [0, 0.05) is 18.9 Å². The predicted octanol–water partition coefficient (Wildman–Crippen LogP) is 2.51. The van der Waals surface area contributed by atoms with Crippen molar-refractivity contribution in [2.45, 2.75) is 19.3 Å². The van der Waals surface area contributed by atoms with E-state index in [0.29, 0.717) is 0 Å². The molecule has 68 valence electrons. The number of aliphatic imine (C=N–C) groups is 1. The Morgan fingerprint density at radius 1 is 1.46 bits per heavy atom. The highest BCUT2D eigenvalue weighted by atomic mass is 32.1. The van der Waals surface area contributed by atoms with Crippen LogP contribution < -0.4 is 0 Å². The number of nitrogens with zero attached hydrogens (tertiary/aromatic N) is 2. The molecule has 1 rings (SSSR count). The van der Waals surface area contributed by atoms with Crippen LogP contribution in [0.15, 0.2) is 29.5 Å². The van der Waals surface area contributed by atoms with Crippen molar-refractivity contribution in [2.75, 3.05) is 6.54 Å². The van der Waals surface area contributed by atoms with E-state index in [1.54, 1.807) is 6.20 Å². The molecule has 2 nitrogen and oxygen atoms in total. The summed E-state index contributed by atoms with van der Waals surface area (Å²) in [5.74, 6) is 0. The van der Waals surface area contributed by atoms with Gasteiger partial charge in [-0.25, -0.2) is 4.99 Å². The molecule has 0 aromatic carbocycles. The van der Waals surface area contributed by atoms with Crippen LogP contribution in [-0.4, -0.2) is 16.7 Å². The van der Waals surface area contributed by atoms with Gasteiger partial charge in [0.15, 0.2) is 0 Å². The van der Waals surface area contributed by atoms with Gasteiger partial charge < -0.3 is 0 Å². The highest BCUT2D eigenvalue weighted by Gasteiger charge is 1.91. The lowest BCUT2D eigenvalue weighted by Crippen LogP contribution is -1.88. The van der Waals surface area contributed by atoms with E-state index in [2.05, 4.69) is 33.4 Å². The minimum atomic E-state index is 0.795. The highest BCUT2D eigenvalue weighted by molar-refractivity contribution is 7.78. The van der Waals surface area contributed by atoms with Gasteiger partial charge in [0.25, 0.3) is 0 Å². The van der Waals surface area contributed by atoms with E-state index in [1.807, 2.05) is 12.3 Å². The zero-order valence-corrected chi connectivity index (χ0v) is 8.26. The summed E-state index contributed by atoms with van der Waals surface area (Å²) in [6, 6.07) is 4.06. The van der Waals surface area contributed by atoms with E-state index < -0.39 is 0 Å². The Hall–Kier alpha value is -1.05. The lowest BCUT2D eigenvalue weighted by Gasteiger charge is -1.97. The average Bonchev–Trinajstić information content (AvgIpc) is 2.19. The Labute approximate surface area is 83.7 Å². The number of rotatable bonds is 5. The van der Waals surface area contributed by atoms with Crippen LogP contribution in [0.25, 0.3) is 0 Å². The molecule has 1 aromatic heterocycles. The molecular weight excluding hydrogens is 180 g/mol. The largest absolute Gasteiger partial charge is 0.264 e. The van der Waals surface area contributed by atoms with Crippen molar-refractivity contribution in [3.05, 3.63) is 30.1 Å². The standard InChI is InChI=1S/C10H12N2S/c13-9-12-6-2-1-4-10-5-3-7-11-8-10/h3,5,7-8H,1-2,4,6H2. The molecule has 0 atom stereocenters. The van der Waals surface area contributed by atoms with E-state index in [-0.39, 0.29) is 0 Å². The summed E-state index contributed by atoms with van der Waals surface area (Å²) in [5.41, 5.74) is 1.29. The number of pyridine rings is 1. The van der Waals surface area contributed by atoms with Crippen LogP contribution in [-0.2, 0) is 6.42 Å². The maximum absolute atomic E-state index is 4.47. The smallest absolute Gasteiger partial charge is 0.0584 e. The van der Waals surface area contributed by atoms with Gasteiger partial charge in [-0.2, -0.15) is 0 Å². The van der Waals surface area contributed by atoms with Gasteiger partial charge in [-0.05, 0) is 43.1 Å². The number of hydrogen-bond acceptors (Lipinski definition) is 3. The molecule has 0 bridgehead atoms. The van der Waals surface area contributed by atoms with Crippen molar-refractivity contribution >= 4 is 17.4 Å². The lowest BCUT2D eigenvalue weighted by molar-refractivity contribution is 0.746. The van der Waals surface area contributed by atoms with Gasteiger partial charge in [0.2, 0.25) is 0 Å². The Morgan fingerprint density at radius 3 is 3.08 bits per heavy atom. The second kappa shape index (κ2) is 6.46. The van der Waals surface area contributed by atoms with Gasteiger partial charge in [0.05, 0.1) is 5.16 Å². The first-order valence-electron chi connectivity index (χ1n) is 4.36. The fourth-order valence-electron chi connectivity index (χ4n) is 1.11. The van der Waals surface area contributed by atoms with Gasteiger partial charge in [-0.3, -0.25) is 4.98 Å². The third-order valence-corrected chi connectivity index (χ3v) is 1.90. The Balaban J connectivity index is 2.17. The fraction of sp³-hybridized carbons (Fsp3) is 0.400. The third-order valence-electron chi connectivity index (χ3n) is 1.77. The van der Waals surface area contributed by atoms with Crippen LogP contribution in [0.4, 0.5) is 0 Å². The number of aryl methyl sites for hydroxylation is 1. The molecule has 0 saturated heterocycles. The molecule has 0 N–H and O–H groups in total. The number of aromatic nitrogens is 1. The van der Waals surface area contributed by atoms with Crippen molar-refractivity contribution in [3.63, 3.8) is 0 Å². The molecule has 0 radical (unpaired) electrons. The van der Waals surface area contributed by atoms with Gasteiger partial charge in [-0.15, -0.1) is 0 Å². The molecule has 0 unspecified atom stereocenters. The third kappa shape index (κ3) is 4.51. The van der Waals surface area contributed by atoms with Crippen molar-refractivity contribution in [3.8, 4) is 0 Å². The van der Waals surface area contributed by atoms with E-state index >= 15 is 0 Å². The quantitative estimate of drug-likeness (QED) is 0.407. The molecule has 0 aliphatic rings. The molecule has 13 heavy (non-hydrogen) atoms. The first-order chi connectivity index (χ1) is 6.43. The predicted molar refractivity (Wildman–Crippen MR) is 57.1 cm³/mol. The molecule has 3 heteroatoms. The van der Waals surface area contributed by atoms with Crippen LogP contribution >= 0.6 is 12.2 Å². The zero-order valence-electron chi connectivity index (χ0n) is 7.44. The lowest BCUT2D eigenvalue weighted by atomic mass is 10.1. The molecule has 0 saturated carbocycles. The van der Waals surface area contributed by atoms with E-state index in [9.17, 15) is 0 Å². The van der Waals surface area contributed by atoms with Crippen LogP contribution in [0.3, 0.4) is 0 Å². The topological polar surface area (TPSA) is 25.2 Å². The molecule has 0 amide bonds. The van der Waals surface area contributed by atoms with Crippen molar-refractivity contribution in [2.24, 2.45) is 4.99 Å². The maximum atomic E-state index is 4.47. The monoisotopic (exact) mass is 192 g/mol. The van der Waals surface area contributed by atoms with Crippen molar-refractivity contribution < 1.29 is 0 Å². The second-order valence-electron chi connectivity index (χ2n) is 2.79. The summed E-state index contributed by atoms with van der Waals surface area (Å²) in [7, 11) is 0. The molecule has 0 spiro atoms. The van der Waals surface area contributed by atoms with Crippen molar-refractivity contribution in [1.82, 2.24) is 4.98 Å². The van der Waals surface area contributed by atoms with E-state index in [1.165, 1.54) is 5.56 Å². The zero-order chi connectivity index (χ0) is 9.36. The Kier molecular flexibility index (Phi) is 4.99.